The maximum atomic E-state index is 13.0. The zero-order chi connectivity index (χ0) is 27.7. The minimum Gasteiger partial charge on any atom is -0.393 e. The number of nitrogen functional groups attached to an aromatic ring is 1. The van der Waals surface area contributed by atoms with Crippen LogP contribution >= 0.6 is 35.0 Å². The Hall–Kier alpha value is -3.36. The maximum absolute atomic E-state index is 13.0. The van der Waals surface area contributed by atoms with Gasteiger partial charge in [0.2, 0.25) is 5.91 Å². The van der Waals surface area contributed by atoms with Gasteiger partial charge in [-0.25, -0.2) is 14.0 Å². The van der Waals surface area contributed by atoms with Gasteiger partial charge in [0.15, 0.2) is 0 Å². The molecule has 4 rings (SSSR count). The van der Waals surface area contributed by atoms with E-state index >= 15 is 0 Å². The lowest BCUT2D eigenvalue weighted by molar-refractivity contribution is -0.115. The Balaban J connectivity index is 0.000000230. The number of carbonyl (C=O) groups excluding carboxylic acids is 2. The van der Waals surface area contributed by atoms with Gasteiger partial charge in [0.25, 0.3) is 0 Å². The maximum Gasteiger partial charge on any atom is 0.351 e. The number of aliphatic hydroxyl groups is 1. The zero-order valence-electron chi connectivity index (χ0n) is 19.6. The van der Waals surface area contributed by atoms with Crippen molar-refractivity contribution in [2.45, 2.75) is 11.7 Å². The van der Waals surface area contributed by atoms with Gasteiger partial charge in [0, 0.05) is 22.7 Å². The molecule has 0 saturated carbocycles. The highest BCUT2D eigenvalue weighted by Crippen LogP contribution is 2.30. The monoisotopic (exact) mass is 584 g/mol. The van der Waals surface area contributed by atoms with E-state index in [1.54, 1.807) is 24.4 Å². The van der Waals surface area contributed by atoms with Gasteiger partial charge in [-0.2, -0.15) is 4.98 Å². The highest BCUT2D eigenvalue weighted by molar-refractivity contribution is 8.00. The van der Waals surface area contributed by atoms with Crippen LogP contribution in [0, 0.1) is 5.82 Å². The number of amides is 3. The van der Waals surface area contributed by atoms with Crippen LogP contribution in [0.15, 0.2) is 59.5 Å². The lowest BCUT2D eigenvalue weighted by Crippen LogP contribution is -2.35. The average molecular weight is 585 g/mol. The van der Waals surface area contributed by atoms with E-state index in [1.165, 1.54) is 40.6 Å². The minimum atomic E-state index is -0.632. The molecule has 0 unspecified atom stereocenters. The molecule has 2 atom stereocenters. The summed E-state index contributed by atoms with van der Waals surface area (Å²) in [6.07, 6.45) is 1.18. The van der Waals surface area contributed by atoms with Crippen LogP contribution in [0.2, 0.25) is 10.0 Å². The van der Waals surface area contributed by atoms with Gasteiger partial charge < -0.3 is 31.5 Å². The summed E-state index contributed by atoms with van der Waals surface area (Å²) in [5, 5.41) is 16.9. The molecule has 2 heterocycles. The number of thioether (sulfide) groups is 1. The Morgan fingerprint density at radius 1 is 1.21 bits per heavy atom. The largest absolute Gasteiger partial charge is 0.393 e. The molecule has 1 aliphatic heterocycles. The molecular weight excluding hydrogens is 562 g/mol. The van der Waals surface area contributed by atoms with E-state index in [0.717, 1.165) is 6.07 Å². The van der Waals surface area contributed by atoms with Crippen LogP contribution in [-0.2, 0) is 9.53 Å². The van der Waals surface area contributed by atoms with E-state index in [2.05, 4.69) is 20.9 Å². The van der Waals surface area contributed by atoms with Crippen LogP contribution in [0.5, 0.6) is 0 Å². The normalized spacial score (nSPS) is 16.2. The molecular formula is C23H23Cl2FN6O5S. The van der Waals surface area contributed by atoms with Crippen molar-refractivity contribution < 1.29 is 23.8 Å². The smallest absolute Gasteiger partial charge is 0.351 e. The third kappa shape index (κ3) is 8.89. The number of ether oxygens (including phenoxy) is 1. The van der Waals surface area contributed by atoms with Crippen LogP contribution in [0.25, 0.3) is 0 Å². The Kier molecular flexibility index (Phi) is 10.7. The van der Waals surface area contributed by atoms with Crippen molar-refractivity contribution in [2.24, 2.45) is 0 Å². The summed E-state index contributed by atoms with van der Waals surface area (Å²) in [6.45, 7) is -0.335. The minimum absolute atomic E-state index is 0.0572. The first-order valence-corrected chi connectivity index (χ1v) is 12.7. The summed E-state index contributed by atoms with van der Waals surface area (Å²) in [7, 11) is 0. The first-order valence-electron chi connectivity index (χ1n) is 10.9. The van der Waals surface area contributed by atoms with Gasteiger partial charge >= 0.3 is 11.7 Å². The van der Waals surface area contributed by atoms with Crippen molar-refractivity contribution in [3.05, 3.63) is 81.1 Å². The number of halogens is 3. The lowest BCUT2D eigenvalue weighted by atomic mass is 10.3. The van der Waals surface area contributed by atoms with E-state index in [4.69, 9.17) is 38.8 Å². The van der Waals surface area contributed by atoms with Crippen molar-refractivity contribution in [3.63, 3.8) is 0 Å². The summed E-state index contributed by atoms with van der Waals surface area (Å²) in [6, 6.07) is 10.9. The first kappa shape index (κ1) is 29.2. The number of rotatable bonds is 6. The van der Waals surface area contributed by atoms with Crippen LogP contribution in [0.4, 0.5) is 26.4 Å². The van der Waals surface area contributed by atoms with E-state index in [0.29, 0.717) is 16.5 Å². The lowest BCUT2D eigenvalue weighted by Gasteiger charge is -2.13. The standard InChI is InChI=1S/C15H12Cl2FN3O2.C8H11N3O3S/c16-9-4-5-13(12(17)6-9)21-14(22)8-19-15(23)20-11-3-1-2-10(18)7-11;9-5-1-2-11(8(13)10-5)6-4-15-7(3-12)14-6/h1-7H,8H2,(H,21,22)(H2,19,20,23);1-2,6-7,12H,3-4H2,(H2,9,10,13)/t;6-,7+/m.1/s1. The molecule has 38 heavy (non-hydrogen) atoms. The molecule has 202 valence electrons. The number of nitrogens with zero attached hydrogens (tertiary/aromatic N) is 2. The molecule has 1 fully saturated rings. The van der Waals surface area contributed by atoms with Crippen LogP contribution in [-0.4, -0.2) is 50.9 Å². The molecule has 3 aromatic rings. The molecule has 1 saturated heterocycles. The molecule has 15 heteroatoms. The van der Waals surface area contributed by atoms with E-state index in [9.17, 15) is 18.8 Å². The summed E-state index contributed by atoms with van der Waals surface area (Å²) in [4.78, 5) is 38.4. The number of urea groups is 1. The SMILES string of the molecule is Nc1ccn([C@H]2CS[C@@H](CO)O2)c(=O)n1.O=C(CNC(=O)Nc1cccc(F)c1)Nc1ccc(Cl)cc1Cl. The Bertz CT molecular complexity index is 1350. The second-order valence-corrected chi connectivity index (χ2v) is 9.60. The van der Waals surface area contributed by atoms with E-state index < -0.39 is 23.4 Å². The van der Waals surface area contributed by atoms with Gasteiger partial charge in [-0.15, -0.1) is 11.8 Å². The van der Waals surface area contributed by atoms with Crippen molar-refractivity contribution in [3.8, 4) is 0 Å². The predicted octanol–water partition coefficient (Wildman–Crippen LogP) is 3.30. The van der Waals surface area contributed by atoms with Gasteiger partial charge in [-0.1, -0.05) is 29.3 Å². The van der Waals surface area contributed by atoms with E-state index in [-0.39, 0.29) is 41.3 Å². The summed E-state index contributed by atoms with van der Waals surface area (Å²) in [5.74, 6) is -0.126. The molecule has 3 amide bonds. The molecule has 1 aromatic heterocycles. The number of aliphatic hydroxyl groups excluding tert-OH is 1. The second-order valence-electron chi connectivity index (χ2n) is 7.57. The molecule has 0 radical (unpaired) electrons. The summed E-state index contributed by atoms with van der Waals surface area (Å²) in [5.41, 5.74) is 5.34. The van der Waals surface area contributed by atoms with Crippen LogP contribution < -0.4 is 27.4 Å². The topological polar surface area (TPSA) is 161 Å². The molecule has 6 N–H and O–H groups in total. The number of anilines is 3. The number of nitrogens with one attached hydrogen (secondary N) is 3. The molecule has 0 spiro atoms. The molecule has 0 aliphatic carbocycles. The number of hydrogen-bond acceptors (Lipinski definition) is 8. The van der Waals surface area contributed by atoms with Crippen molar-refractivity contribution in [1.82, 2.24) is 14.9 Å². The number of aromatic nitrogens is 2. The Labute approximate surface area is 230 Å². The second kappa shape index (κ2) is 14.0. The third-order valence-corrected chi connectivity index (χ3v) is 6.40. The van der Waals surface area contributed by atoms with Crippen LogP contribution in [0.1, 0.15) is 6.23 Å². The van der Waals surface area contributed by atoms with Crippen LogP contribution in [0.3, 0.4) is 0 Å². The highest BCUT2D eigenvalue weighted by Gasteiger charge is 2.27. The Morgan fingerprint density at radius 2 is 2.00 bits per heavy atom. The number of nitrogens with two attached hydrogens (primary N) is 1. The average Bonchev–Trinajstić information content (AvgIpc) is 3.34. The summed E-state index contributed by atoms with van der Waals surface area (Å²) >= 11 is 13.1. The van der Waals surface area contributed by atoms with Crippen molar-refractivity contribution in [2.75, 3.05) is 35.3 Å². The fraction of sp³-hybridized carbons (Fsp3) is 0.217. The number of carbonyl (C=O) groups is 2. The predicted molar refractivity (Wildman–Crippen MR) is 145 cm³/mol. The first-order chi connectivity index (χ1) is 18.1. The fourth-order valence-corrected chi connectivity index (χ4v) is 4.40. The number of benzene rings is 2. The summed E-state index contributed by atoms with van der Waals surface area (Å²) < 4.78 is 19.8. The zero-order valence-corrected chi connectivity index (χ0v) is 21.9. The van der Waals surface area contributed by atoms with Gasteiger partial charge in [0.05, 0.1) is 23.9 Å². The molecule has 1 aliphatic rings. The molecule has 2 aromatic carbocycles. The van der Waals surface area contributed by atoms with Gasteiger partial charge in [0.1, 0.15) is 23.3 Å². The Morgan fingerprint density at radius 3 is 2.66 bits per heavy atom. The number of hydrogen-bond donors (Lipinski definition) is 5. The third-order valence-electron chi connectivity index (χ3n) is 4.74. The highest BCUT2D eigenvalue weighted by atomic mass is 35.5. The fourth-order valence-electron chi connectivity index (χ4n) is 3.02. The van der Waals surface area contributed by atoms with E-state index in [1.807, 2.05) is 0 Å². The molecule has 0 bridgehead atoms. The van der Waals surface area contributed by atoms with Gasteiger partial charge in [-0.3, -0.25) is 9.36 Å². The van der Waals surface area contributed by atoms with Crippen molar-refractivity contribution in [1.29, 1.82) is 0 Å². The molecule has 11 nitrogen and oxygen atoms in total. The van der Waals surface area contributed by atoms with Gasteiger partial charge in [-0.05, 0) is 42.5 Å². The quantitative estimate of drug-likeness (QED) is 0.295. The van der Waals surface area contributed by atoms with Crippen molar-refractivity contribution >= 4 is 64.1 Å².